The van der Waals surface area contributed by atoms with Gasteiger partial charge in [0.1, 0.15) is 0 Å². The van der Waals surface area contributed by atoms with Crippen LogP contribution in [0.25, 0.3) is 0 Å². The van der Waals surface area contributed by atoms with Gasteiger partial charge in [0.2, 0.25) is 5.91 Å². The summed E-state index contributed by atoms with van der Waals surface area (Å²) in [5.41, 5.74) is 6.75. The van der Waals surface area contributed by atoms with Gasteiger partial charge in [-0.1, -0.05) is 19.9 Å². The van der Waals surface area contributed by atoms with Gasteiger partial charge in [0.05, 0.1) is 20.8 Å². The average molecular weight is 322 g/mol. The molecule has 0 fully saturated rings. The highest BCUT2D eigenvalue weighted by Crippen LogP contribution is 2.27. The Labute approximate surface area is 137 Å². The summed E-state index contributed by atoms with van der Waals surface area (Å²) in [6, 6.07) is 5.59. The minimum atomic E-state index is -0.0222. The molecule has 7 heteroatoms. The van der Waals surface area contributed by atoms with Crippen LogP contribution in [0, 0.1) is 5.92 Å². The summed E-state index contributed by atoms with van der Waals surface area (Å²) in [4.78, 5) is 15.6. The van der Waals surface area contributed by atoms with Crippen LogP contribution < -0.4 is 25.8 Å². The maximum absolute atomic E-state index is 11.4. The zero-order valence-corrected chi connectivity index (χ0v) is 14.2. The van der Waals surface area contributed by atoms with Crippen LogP contribution in [0.1, 0.15) is 19.4 Å². The number of carbonyl (C=O) groups excluding carboxylic acids is 1. The van der Waals surface area contributed by atoms with Crippen LogP contribution in [-0.2, 0) is 11.3 Å². The topological polar surface area (TPSA) is 98.0 Å². The van der Waals surface area contributed by atoms with Gasteiger partial charge in [-0.25, -0.2) is 4.99 Å². The molecule has 0 saturated carbocycles. The first-order chi connectivity index (χ1) is 11.0. The quantitative estimate of drug-likeness (QED) is 0.375. The van der Waals surface area contributed by atoms with Crippen LogP contribution in [0.4, 0.5) is 0 Å². The van der Waals surface area contributed by atoms with Crippen LogP contribution in [0.5, 0.6) is 11.5 Å². The molecule has 0 bridgehead atoms. The number of nitrogens with zero attached hydrogens (tertiary/aromatic N) is 1. The van der Waals surface area contributed by atoms with Gasteiger partial charge in [-0.05, 0) is 17.7 Å². The van der Waals surface area contributed by atoms with E-state index >= 15 is 0 Å². The van der Waals surface area contributed by atoms with Gasteiger partial charge in [-0.2, -0.15) is 0 Å². The SMILES string of the molecule is COc1ccc(CN=C(N)NCCNC(=O)C(C)C)cc1OC. The maximum Gasteiger partial charge on any atom is 0.222 e. The third kappa shape index (κ3) is 6.46. The van der Waals surface area contributed by atoms with E-state index in [1.807, 2.05) is 32.0 Å². The lowest BCUT2D eigenvalue weighted by atomic mass is 10.2. The standard InChI is InChI=1S/C16H26N4O3/c1-11(2)15(21)18-7-8-19-16(17)20-10-12-5-6-13(22-3)14(9-12)23-4/h5-6,9,11H,7-8,10H2,1-4H3,(H,18,21)(H3,17,19,20). The first-order valence-corrected chi connectivity index (χ1v) is 7.50. The second kappa shape index (κ2) is 9.55. The second-order valence-electron chi connectivity index (χ2n) is 5.26. The molecule has 0 radical (unpaired) electrons. The molecule has 0 unspecified atom stereocenters. The fourth-order valence-corrected chi connectivity index (χ4v) is 1.79. The summed E-state index contributed by atoms with van der Waals surface area (Å²) in [5.74, 6) is 1.66. The van der Waals surface area contributed by atoms with Gasteiger partial charge in [-0.3, -0.25) is 4.79 Å². The van der Waals surface area contributed by atoms with Crippen molar-refractivity contribution in [1.29, 1.82) is 0 Å². The van der Waals surface area contributed by atoms with E-state index in [1.165, 1.54) is 0 Å². The molecule has 1 amide bonds. The number of aliphatic imine (C=N–C) groups is 1. The monoisotopic (exact) mass is 322 g/mol. The van der Waals surface area contributed by atoms with Gasteiger partial charge >= 0.3 is 0 Å². The van der Waals surface area contributed by atoms with Crippen molar-refractivity contribution in [2.24, 2.45) is 16.6 Å². The molecule has 0 aliphatic rings. The number of amides is 1. The van der Waals surface area contributed by atoms with Gasteiger partial charge in [0, 0.05) is 19.0 Å². The Kier molecular flexibility index (Phi) is 7.73. The minimum absolute atomic E-state index is 0.0210. The number of nitrogens with one attached hydrogen (secondary N) is 2. The van der Waals surface area contributed by atoms with E-state index in [4.69, 9.17) is 15.2 Å². The predicted octanol–water partition coefficient (Wildman–Crippen LogP) is 0.880. The molecule has 4 N–H and O–H groups in total. The van der Waals surface area contributed by atoms with Crippen molar-refractivity contribution in [1.82, 2.24) is 10.6 Å². The van der Waals surface area contributed by atoms with Gasteiger partial charge in [-0.15, -0.1) is 0 Å². The Morgan fingerprint density at radius 1 is 1.17 bits per heavy atom. The van der Waals surface area contributed by atoms with Crippen LogP contribution in [0.15, 0.2) is 23.2 Å². The molecular weight excluding hydrogens is 296 g/mol. The van der Waals surface area contributed by atoms with Crippen molar-refractivity contribution in [3.8, 4) is 11.5 Å². The van der Waals surface area contributed by atoms with E-state index < -0.39 is 0 Å². The van der Waals surface area contributed by atoms with Crippen molar-refractivity contribution in [3.63, 3.8) is 0 Å². The maximum atomic E-state index is 11.4. The molecule has 0 atom stereocenters. The number of nitrogens with two attached hydrogens (primary N) is 1. The van der Waals surface area contributed by atoms with Crippen LogP contribution in [0.2, 0.25) is 0 Å². The zero-order chi connectivity index (χ0) is 17.2. The molecule has 0 aromatic heterocycles. The largest absolute Gasteiger partial charge is 0.493 e. The fourth-order valence-electron chi connectivity index (χ4n) is 1.79. The molecule has 0 saturated heterocycles. The summed E-state index contributed by atoms with van der Waals surface area (Å²) in [5, 5.41) is 5.75. The molecule has 128 valence electrons. The molecule has 1 rings (SSSR count). The van der Waals surface area contributed by atoms with E-state index in [0.29, 0.717) is 37.1 Å². The minimum Gasteiger partial charge on any atom is -0.493 e. The third-order valence-corrected chi connectivity index (χ3v) is 3.13. The van der Waals surface area contributed by atoms with Gasteiger partial charge in [0.25, 0.3) is 0 Å². The predicted molar refractivity (Wildman–Crippen MR) is 90.7 cm³/mol. The smallest absolute Gasteiger partial charge is 0.222 e. The lowest BCUT2D eigenvalue weighted by Crippen LogP contribution is -2.39. The van der Waals surface area contributed by atoms with Crippen molar-refractivity contribution in [3.05, 3.63) is 23.8 Å². The Bertz CT molecular complexity index is 544. The first kappa shape index (κ1) is 18.6. The summed E-state index contributed by atoms with van der Waals surface area (Å²) >= 11 is 0. The number of hydrogen-bond acceptors (Lipinski definition) is 4. The lowest BCUT2D eigenvalue weighted by molar-refractivity contribution is -0.123. The Balaban J connectivity index is 2.43. The van der Waals surface area contributed by atoms with Crippen molar-refractivity contribution < 1.29 is 14.3 Å². The highest BCUT2D eigenvalue weighted by molar-refractivity contribution is 5.79. The molecule has 0 spiro atoms. The number of methoxy groups -OCH3 is 2. The Hall–Kier alpha value is -2.44. The van der Waals surface area contributed by atoms with Gasteiger partial charge in [0.15, 0.2) is 17.5 Å². The second-order valence-corrected chi connectivity index (χ2v) is 5.26. The fraction of sp³-hybridized carbons (Fsp3) is 0.500. The van der Waals surface area contributed by atoms with Crippen LogP contribution in [-0.4, -0.2) is 39.2 Å². The van der Waals surface area contributed by atoms with E-state index in [-0.39, 0.29) is 11.8 Å². The summed E-state index contributed by atoms with van der Waals surface area (Å²) in [7, 11) is 3.18. The molecule has 1 aromatic rings. The summed E-state index contributed by atoms with van der Waals surface area (Å²) in [6.45, 7) is 5.16. The molecule has 7 nitrogen and oxygen atoms in total. The summed E-state index contributed by atoms with van der Waals surface area (Å²) in [6.07, 6.45) is 0. The highest BCUT2D eigenvalue weighted by atomic mass is 16.5. The van der Waals surface area contributed by atoms with E-state index in [2.05, 4.69) is 15.6 Å². The zero-order valence-electron chi connectivity index (χ0n) is 14.2. The third-order valence-electron chi connectivity index (χ3n) is 3.13. The van der Waals surface area contributed by atoms with Crippen molar-refractivity contribution in [2.75, 3.05) is 27.3 Å². The van der Waals surface area contributed by atoms with E-state index in [9.17, 15) is 4.79 Å². The number of benzene rings is 1. The molecule has 0 aliphatic heterocycles. The Morgan fingerprint density at radius 3 is 2.43 bits per heavy atom. The number of hydrogen-bond donors (Lipinski definition) is 3. The first-order valence-electron chi connectivity index (χ1n) is 7.50. The van der Waals surface area contributed by atoms with Crippen molar-refractivity contribution >= 4 is 11.9 Å². The molecule has 0 heterocycles. The van der Waals surface area contributed by atoms with Crippen LogP contribution in [0.3, 0.4) is 0 Å². The number of guanidine groups is 1. The number of ether oxygens (including phenoxy) is 2. The highest BCUT2D eigenvalue weighted by Gasteiger charge is 2.05. The number of carbonyl (C=O) groups is 1. The molecule has 1 aromatic carbocycles. The van der Waals surface area contributed by atoms with E-state index in [1.54, 1.807) is 14.2 Å². The average Bonchev–Trinajstić information content (AvgIpc) is 2.56. The Morgan fingerprint density at radius 2 is 1.83 bits per heavy atom. The lowest BCUT2D eigenvalue weighted by Gasteiger charge is -2.10. The van der Waals surface area contributed by atoms with Crippen LogP contribution >= 0.6 is 0 Å². The van der Waals surface area contributed by atoms with Crippen molar-refractivity contribution in [2.45, 2.75) is 20.4 Å². The molecule has 23 heavy (non-hydrogen) atoms. The van der Waals surface area contributed by atoms with E-state index in [0.717, 1.165) is 5.56 Å². The van der Waals surface area contributed by atoms with Gasteiger partial charge < -0.3 is 25.8 Å². The molecule has 0 aliphatic carbocycles. The normalized spacial score (nSPS) is 11.3. The number of rotatable bonds is 8. The summed E-state index contributed by atoms with van der Waals surface area (Å²) < 4.78 is 10.4. The molecular formula is C16H26N4O3.